The van der Waals surface area contributed by atoms with Crippen molar-refractivity contribution in [2.75, 3.05) is 19.6 Å². The molecule has 0 bridgehead atoms. The zero-order chi connectivity index (χ0) is 14.7. The minimum atomic E-state index is -0.0570. The summed E-state index contributed by atoms with van der Waals surface area (Å²) in [5.74, 6) is 0.210. The van der Waals surface area contributed by atoms with E-state index >= 15 is 0 Å². The van der Waals surface area contributed by atoms with Crippen molar-refractivity contribution >= 4 is 11.8 Å². The number of hydrogen-bond acceptors (Lipinski definition) is 2. The van der Waals surface area contributed by atoms with Gasteiger partial charge in [-0.3, -0.25) is 9.59 Å². The molecule has 1 aliphatic heterocycles. The van der Waals surface area contributed by atoms with E-state index in [4.69, 9.17) is 0 Å². The van der Waals surface area contributed by atoms with Gasteiger partial charge in [0.2, 0.25) is 11.8 Å². The standard InChI is InChI=1S/C17H26N2O2/c20-16(18-9-8-13-6-2-1-3-7-13)14-12-15(14)17(21)19-10-4-5-11-19/h6,14-15H,1-5,7-12H2,(H,18,20). The summed E-state index contributed by atoms with van der Waals surface area (Å²) >= 11 is 0. The Bertz CT molecular complexity index is 438. The molecule has 2 amide bonds. The third-order valence-corrected chi connectivity index (χ3v) is 4.99. The maximum atomic E-state index is 12.2. The third-order valence-electron chi connectivity index (χ3n) is 4.99. The number of nitrogens with zero attached hydrogens (tertiary/aromatic N) is 1. The number of rotatable bonds is 5. The lowest BCUT2D eigenvalue weighted by Gasteiger charge is -2.15. The molecule has 1 saturated heterocycles. The molecule has 0 aromatic carbocycles. The van der Waals surface area contributed by atoms with Crippen LogP contribution < -0.4 is 5.32 Å². The second-order valence-corrected chi connectivity index (χ2v) is 6.63. The van der Waals surface area contributed by atoms with Gasteiger partial charge in [0.1, 0.15) is 0 Å². The summed E-state index contributed by atoms with van der Waals surface area (Å²) in [7, 11) is 0. The summed E-state index contributed by atoms with van der Waals surface area (Å²) in [6.07, 6.45) is 11.3. The quantitative estimate of drug-likeness (QED) is 0.790. The molecule has 2 atom stereocenters. The van der Waals surface area contributed by atoms with E-state index in [0.717, 1.165) is 45.3 Å². The number of nitrogens with one attached hydrogen (secondary N) is 1. The summed E-state index contributed by atoms with van der Waals surface area (Å²) in [5, 5.41) is 3.02. The first-order chi connectivity index (χ1) is 10.3. The maximum Gasteiger partial charge on any atom is 0.226 e. The zero-order valence-corrected chi connectivity index (χ0v) is 12.8. The second-order valence-electron chi connectivity index (χ2n) is 6.63. The predicted molar refractivity (Wildman–Crippen MR) is 81.6 cm³/mol. The van der Waals surface area contributed by atoms with Gasteiger partial charge in [0, 0.05) is 19.6 Å². The van der Waals surface area contributed by atoms with Crippen molar-refractivity contribution in [2.24, 2.45) is 11.8 Å². The lowest BCUT2D eigenvalue weighted by atomic mass is 9.97. The summed E-state index contributed by atoms with van der Waals surface area (Å²) < 4.78 is 0. The Morgan fingerprint density at radius 3 is 2.67 bits per heavy atom. The van der Waals surface area contributed by atoms with Crippen molar-refractivity contribution in [3.05, 3.63) is 11.6 Å². The minimum Gasteiger partial charge on any atom is -0.356 e. The Morgan fingerprint density at radius 1 is 1.14 bits per heavy atom. The molecule has 2 aliphatic carbocycles. The minimum absolute atomic E-state index is 0.0306. The normalized spacial score (nSPS) is 28.2. The highest BCUT2D eigenvalue weighted by Gasteiger charge is 2.49. The average molecular weight is 290 g/mol. The van der Waals surface area contributed by atoms with Gasteiger partial charge in [-0.2, -0.15) is 0 Å². The third kappa shape index (κ3) is 3.66. The topological polar surface area (TPSA) is 49.4 Å². The molecule has 3 rings (SSSR count). The van der Waals surface area contributed by atoms with Crippen molar-refractivity contribution in [1.29, 1.82) is 0 Å². The van der Waals surface area contributed by atoms with Crippen molar-refractivity contribution in [3.8, 4) is 0 Å². The number of allylic oxidation sites excluding steroid dienone is 1. The van der Waals surface area contributed by atoms with E-state index < -0.39 is 0 Å². The lowest BCUT2D eigenvalue weighted by molar-refractivity contribution is -0.133. The Hall–Kier alpha value is -1.32. The van der Waals surface area contributed by atoms with Crippen LogP contribution in [0, 0.1) is 11.8 Å². The molecule has 0 radical (unpaired) electrons. The molecular formula is C17H26N2O2. The van der Waals surface area contributed by atoms with Crippen molar-refractivity contribution < 1.29 is 9.59 Å². The van der Waals surface area contributed by atoms with Crippen LogP contribution in [0.15, 0.2) is 11.6 Å². The number of amides is 2. The molecule has 1 saturated carbocycles. The van der Waals surface area contributed by atoms with E-state index in [1.54, 1.807) is 0 Å². The van der Waals surface area contributed by atoms with Gasteiger partial charge in [0.05, 0.1) is 11.8 Å². The smallest absolute Gasteiger partial charge is 0.226 e. The molecule has 0 spiro atoms. The summed E-state index contributed by atoms with van der Waals surface area (Å²) in [4.78, 5) is 26.2. The van der Waals surface area contributed by atoms with Crippen molar-refractivity contribution in [2.45, 2.75) is 51.4 Å². The fraction of sp³-hybridized carbons (Fsp3) is 0.765. The van der Waals surface area contributed by atoms with Crippen LogP contribution in [0.4, 0.5) is 0 Å². The fourth-order valence-corrected chi connectivity index (χ4v) is 3.54. The fourth-order valence-electron chi connectivity index (χ4n) is 3.54. The van der Waals surface area contributed by atoms with E-state index in [0.29, 0.717) is 0 Å². The molecule has 0 aromatic heterocycles. The molecule has 21 heavy (non-hydrogen) atoms. The van der Waals surface area contributed by atoms with Crippen LogP contribution in [0.1, 0.15) is 51.4 Å². The van der Waals surface area contributed by atoms with Crippen molar-refractivity contribution in [1.82, 2.24) is 10.2 Å². The van der Waals surface area contributed by atoms with Crippen LogP contribution in [0.2, 0.25) is 0 Å². The average Bonchev–Trinajstić information content (AvgIpc) is 3.13. The Balaban J connectivity index is 1.36. The summed E-state index contributed by atoms with van der Waals surface area (Å²) in [5.41, 5.74) is 1.49. The summed E-state index contributed by atoms with van der Waals surface area (Å²) in [6, 6.07) is 0. The highest BCUT2D eigenvalue weighted by atomic mass is 16.2. The molecule has 2 unspecified atom stereocenters. The first-order valence-electron chi connectivity index (χ1n) is 8.50. The second kappa shape index (κ2) is 6.63. The van der Waals surface area contributed by atoms with Crippen LogP contribution in [0.3, 0.4) is 0 Å². The molecule has 2 fully saturated rings. The Morgan fingerprint density at radius 2 is 1.95 bits per heavy atom. The van der Waals surface area contributed by atoms with Crippen LogP contribution in [0.5, 0.6) is 0 Å². The predicted octanol–water partition coefficient (Wildman–Crippen LogP) is 2.25. The molecule has 1 N–H and O–H groups in total. The van der Waals surface area contributed by atoms with Gasteiger partial charge in [-0.15, -0.1) is 0 Å². The maximum absolute atomic E-state index is 12.2. The highest BCUT2D eigenvalue weighted by molar-refractivity contribution is 5.92. The number of likely N-dealkylation sites (tertiary alicyclic amines) is 1. The van der Waals surface area contributed by atoms with E-state index in [9.17, 15) is 9.59 Å². The molecule has 4 nitrogen and oxygen atoms in total. The van der Waals surface area contributed by atoms with Gasteiger partial charge in [0.15, 0.2) is 0 Å². The number of hydrogen-bond donors (Lipinski definition) is 1. The van der Waals surface area contributed by atoms with Crippen LogP contribution in [-0.2, 0) is 9.59 Å². The van der Waals surface area contributed by atoms with Gasteiger partial charge >= 0.3 is 0 Å². The van der Waals surface area contributed by atoms with Crippen LogP contribution in [-0.4, -0.2) is 36.3 Å². The first kappa shape index (κ1) is 14.6. The van der Waals surface area contributed by atoms with Gasteiger partial charge in [-0.05, 0) is 51.4 Å². The molecule has 4 heteroatoms. The Labute approximate surface area is 127 Å². The van der Waals surface area contributed by atoms with Crippen LogP contribution >= 0.6 is 0 Å². The van der Waals surface area contributed by atoms with E-state index in [1.165, 1.54) is 31.3 Å². The van der Waals surface area contributed by atoms with Gasteiger partial charge in [-0.25, -0.2) is 0 Å². The first-order valence-corrected chi connectivity index (χ1v) is 8.50. The highest BCUT2D eigenvalue weighted by Crippen LogP contribution is 2.40. The van der Waals surface area contributed by atoms with Gasteiger partial charge in [0.25, 0.3) is 0 Å². The largest absolute Gasteiger partial charge is 0.356 e. The molecular weight excluding hydrogens is 264 g/mol. The number of carbonyl (C=O) groups excluding carboxylic acids is 2. The van der Waals surface area contributed by atoms with E-state index in [2.05, 4.69) is 11.4 Å². The molecule has 0 aromatic rings. The summed E-state index contributed by atoms with van der Waals surface area (Å²) in [6.45, 7) is 2.50. The van der Waals surface area contributed by atoms with Crippen molar-refractivity contribution in [3.63, 3.8) is 0 Å². The van der Waals surface area contributed by atoms with Gasteiger partial charge in [-0.1, -0.05) is 11.6 Å². The zero-order valence-electron chi connectivity index (χ0n) is 12.8. The van der Waals surface area contributed by atoms with Crippen LogP contribution in [0.25, 0.3) is 0 Å². The number of carbonyl (C=O) groups is 2. The van der Waals surface area contributed by atoms with E-state index in [1.807, 2.05) is 4.90 Å². The molecule has 1 heterocycles. The van der Waals surface area contributed by atoms with E-state index in [-0.39, 0.29) is 23.7 Å². The molecule has 116 valence electrons. The molecule has 3 aliphatic rings. The Kier molecular flexibility index (Phi) is 4.61. The SMILES string of the molecule is O=C(NCCC1=CCCCC1)C1CC1C(=O)N1CCCC1. The lowest BCUT2D eigenvalue weighted by Crippen LogP contribution is -2.32. The van der Waals surface area contributed by atoms with Gasteiger partial charge < -0.3 is 10.2 Å². The monoisotopic (exact) mass is 290 g/mol.